The second kappa shape index (κ2) is 12.0. The highest BCUT2D eigenvalue weighted by atomic mass is 16.5. The first kappa shape index (κ1) is 20.6. The number of aliphatic hydroxyl groups is 1. The van der Waals surface area contributed by atoms with Gasteiger partial charge in [0.2, 0.25) is 0 Å². The van der Waals surface area contributed by atoms with Gasteiger partial charge in [0.05, 0.1) is 7.11 Å². The quantitative estimate of drug-likeness (QED) is 0.352. The Balaban J connectivity index is 2.33. The number of aliphatic hydroxyl groups excluding tert-OH is 1. The van der Waals surface area contributed by atoms with Crippen molar-refractivity contribution in [1.82, 2.24) is 0 Å². The lowest BCUT2D eigenvalue weighted by molar-refractivity contribution is -0.150. The molecular formula is C20H32O4. The molecule has 0 heterocycles. The van der Waals surface area contributed by atoms with E-state index in [1.165, 1.54) is 26.4 Å². The Morgan fingerprint density at radius 3 is 2.79 bits per heavy atom. The van der Waals surface area contributed by atoms with Crippen LogP contribution in [0.15, 0.2) is 24.3 Å². The van der Waals surface area contributed by atoms with Crippen LogP contribution in [0.1, 0.15) is 64.7 Å². The van der Waals surface area contributed by atoms with Gasteiger partial charge in [0.25, 0.3) is 0 Å². The number of unbranched alkanes of at least 4 members (excludes halogenated alkanes) is 3. The molecule has 1 unspecified atom stereocenters. The van der Waals surface area contributed by atoms with Crippen LogP contribution < -0.4 is 0 Å². The Bertz CT molecular complexity index is 439. The monoisotopic (exact) mass is 336 g/mol. The van der Waals surface area contributed by atoms with E-state index in [4.69, 9.17) is 0 Å². The highest BCUT2D eigenvalue weighted by molar-refractivity contribution is 5.83. The molecule has 4 nitrogen and oxygen atoms in total. The van der Waals surface area contributed by atoms with Crippen LogP contribution in [-0.2, 0) is 14.3 Å². The fourth-order valence-corrected chi connectivity index (χ4v) is 3.12. The number of carbonyl (C=O) groups is 2. The average molecular weight is 336 g/mol. The van der Waals surface area contributed by atoms with Gasteiger partial charge in [-0.1, -0.05) is 44.1 Å². The topological polar surface area (TPSA) is 63.6 Å². The third kappa shape index (κ3) is 7.43. The van der Waals surface area contributed by atoms with E-state index in [0.29, 0.717) is 31.0 Å². The van der Waals surface area contributed by atoms with E-state index >= 15 is 0 Å². The summed E-state index contributed by atoms with van der Waals surface area (Å²) in [4.78, 5) is 23.1. The molecule has 0 aliphatic heterocycles. The predicted molar refractivity (Wildman–Crippen MR) is 95.5 cm³/mol. The molecule has 0 aromatic rings. The molecule has 1 aliphatic carbocycles. The molecule has 1 saturated carbocycles. The molecule has 24 heavy (non-hydrogen) atoms. The van der Waals surface area contributed by atoms with Gasteiger partial charge in [0, 0.05) is 12.3 Å². The molecule has 0 saturated heterocycles. The highest BCUT2D eigenvalue weighted by Crippen LogP contribution is 2.32. The fraction of sp³-hybridized carbons (Fsp3) is 0.700. The molecule has 0 bridgehead atoms. The van der Waals surface area contributed by atoms with Crippen LogP contribution in [0.2, 0.25) is 0 Å². The van der Waals surface area contributed by atoms with Crippen molar-refractivity contribution in [2.45, 2.75) is 70.8 Å². The lowest BCUT2D eigenvalue weighted by Gasteiger charge is -2.12. The highest BCUT2D eigenvalue weighted by Gasteiger charge is 2.31. The first-order chi connectivity index (χ1) is 11.6. The van der Waals surface area contributed by atoms with Crippen LogP contribution >= 0.6 is 0 Å². The molecule has 3 atom stereocenters. The Morgan fingerprint density at radius 1 is 1.29 bits per heavy atom. The summed E-state index contributed by atoms with van der Waals surface area (Å²) in [5, 5.41) is 9.50. The maximum atomic E-state index is 12.1. The lowest BCUT2D eigenvalue weighted by atomic mass is 9.91. The van der Waals surface area contributed by atoms with E-state index in [-0.39, 0.29) is 5.92 Å². The smallest absolute Gasteiger partial charge is 0.334 e. The molecule has 1 fully saturated rings. The van der Waals surface area contributed by atoms with E-state index in [0.717, 1.165) is 19.3 Å². The number of ketones is 1. The van der Waals surface area contributed by atoms with E-state index in [9.17, 15) is 14.7 Å². The molecule has 0 radical (unpaired) electrons. The number of allylic oxidation sites excluding steroid dienone is 4. The van der Waals surface area contributed by atoms with Gasteiger partial charge in [-0.3, -0.25) is 4.79 Å². The summed E-state index contributed by atoms with van der Waals surface area (Å²) in [6.07, 6.45) is 15.5. The number of rotatable bonds is 11. The van der Waals surface area contributed by atoms with Gasteiger partial charge in [-0.15, -0.1) is 0 Å². The first-order valence-corrected chi connectivity index (χ1v) is 9.20. The van der Waals surface area contributed by atoms with Crippen molar-refractivity contribution < 1.29 is 19.4 Å². The Hall–Kier alpha value is -1.42. The summed E-state index contributed by atoms with van der Waals surface area (Å²) in [6, 6.07) is 0. The number of hydrogen-bond donors (Lipinski definition) is 1. The maximum Gasteiger partial charge on any atom is 0.334 e. The van der Waals surface area contributed by atoms with Crippen molar-refractivity contribution in [2.75, 3.05) is 7.11 Å². The van der Waals surface area contributed by atoms with Gasteiger partial charge in [0.1, 0.15) is 5.78 Å². The largest absolute Gasteiger partial charge is 0.467 e. The zero-order valence-corrected chi connectivity index (χ0v) is 15.1. The number of ether oxygens (including phenoxy) is 1. The number of carbonyl (C=O) groups excluding carboxylic acids is 2. The zero-order valence-electron chi connectivity index (χ0n) is 15.1. The van der Waals surface area contributed by atoms with Crippen molar-refractivity contribution in [3.8, 4) is 0 Å². The molecule has 4 heteroatoms. The molecule has 1 rings (SSSR count). The van der Waals surface area contributed by atoms with E-state index < -0.39 is 12.1 Å². The number of hydrogen-bond acceptors (Lipinski definition) is 4. The third-order valence-electron chi connectivity index (χ3n) is 4.65. The van der Waals surface area contributed by atoms with Gasteiger partial charge in [-0.2, -0.15) is 0 Å². The molecule has 0 aromatic heterocycles. The summed E-state index contributed by atoms with van der Waals surface area (Å²) < 4.78 is 4.48. The second-order valence-corrected chi connectivity index (χ2v) is 6.52. The summed E-state index contributed by atoms with van der Waals surface area (Å²) in [7, 11) is 1.27. The second-order valence-electron chi connectivity index (χ2n) is 6.52. The van der Waals surface area contributed by atoms with Crippen LogP contribution in [0, 0.1) is 11.8 Å². The standard InChI is InChI=1S/C20H32O4/c1-3-4-5-6-8-11-16-14-15-18(21)17(16)12-9-7-10-13-19(22)20(23)24-2/h7-9,11,16-17,19,22H,3-6,10,12-15H2,1-2H3/t16-,17+,19?/m0/s1. The van der Waals surface area contributed by atoms with Crippen LogP contribution in [0.25, 0.3) is 0 Å². The SMILES string of the molecule is CCCCCC=C[C@H]1CCC(=O)[C@@H]1CC=CCCC(O)C(=O)OC. The van der Waals surface area contributed by atoms with Crippen molar-refractivity contribution in [1.29, 1.82) is 0 Å². The van der Waals surface area contributed by atoms with Crippen LogP contribution in [0.3, 0.4) is 0 Å². The normalized spacial score (nSPS) is 22.5. The van der Waals surface area contributed by atoms with E-state index in [2.05, 4.69) is 23.8 Å². The molecular weight excluding hydrogens is 304 g/mol. The van der Waals surface area contributed by atoms with E-state index in [1.54, 1.807) is 0 Å². The fourth-order valence-electron chi connectivity index (χ4n) is 3.12. The minimum atomic E-state index is -1.06. The van der Waals surface area contributed by atoms with Gasteiger partial charge < -0.3 is 9.84 Å². The molecule has 0 aromatic carbocycles. The van der Waals surface area contributed by atoms with E-state index in [1.807, 2.05) is 12.2 Å². The van der Waals surface area contributed by atoms with Crippen molar-refractivity contribution in [3.63, 3.8) is 0 Å². The molecule has 0 amide bonds. The number of Topliss-reactive ketones (excluding diaryl/α,β-unsaturated/α-hetero) is 1. The number of methoxy groups -OCH3 is 1. The third-order valence-corrected chi connectivity index (χ3v) is 4.65. The maximum absolute atomic E-state index is 12.1. The van der Waals surface area contributed by atoms with Crippen LogP contribution in [0.4, 0.5) is 0 Å². The van der Waals surface area contributed by atoms with Gasteiger partial charge >= 0.3 is 5.97 Å². The Morgan fingerprint density at radius 2 is 2.08 bits per heavy atom. The van der Waals surface area contributed by atoms with Crippen molar-refractivity contribution in [2.24, 2.45) is 11.8 Å². The van der Waals surface area contributed by atoms with Crippen molar-refractivity contribution >= 4 is 11.8 Å². The van der Waals surface area contributed by atoms with Crippen molar-refractivity contribution in [3.05, 3.63) is 24.3 Å². The minimum absolute atomic E-state index is 0.0919. The van der Waals surface area contributed by atoms with Gasteiger partial charge in [0.15, 0.2) is 6.10 Å². The van der Waals surface area contributed by atoms with Gasteiger partial charge in [-0.05, 0) is 44.4 Å². The molecule has 136 valence electrons. The summed E-state index contributed by atoms with van der Waals surface area (Å²) >= 11 is 0. The summed E-state index contributed by atoms with van der Waals surface area (Å²) in [5.74, 6) is 0.221. The zero-order chi connectivity index (χ0) is 17.8. The lowest BCUT2D eigenvalue weighted by Crippen LogP contribution is -2.21. The summed E-state index contributed by atoms with van der Waals surface area (Å²) in [6.45, 7) is 2.20. The number of esters is 1. The predicted octanol–water partition coefficient (Wildman–Crippen LogP) is 3.98. The minimum Gasteiger partial charge on any atom is -0.467 e. The Labute approximate surface area is 146 Å². The molecule has 0 spiro atoms. The van der Waals surface area contributed by atoms with Gasteiger partial charge in [-0.25, -0.2) is 4.79 Å². The summed E-state index contributed by atoms with van der Waals surface area (Å²) in [5.41, 5.74) is 0. The molecule has 1 N–H and O–H groups in total. The van der Waals surface area contributed by atoms with Crippen LogP contribution in [0.5, 0.6) is 0 Å². The Kier molecular flexibility index (Phi) is 10.3. The average Bonchev–Trinajstić information content (AvgIpc) is 2.93. The van der Waals surface area contributed by atoms with Crippen LogP contribution in [-0.4, -0.2) is 30.1 Å². The molecule has 1 aliphatic rings. The first-order valence-electron chi connectivity index (χ1n) is 9.20.